The van der Waals surface area contributed by atoms with Gasteiger partial charge in [-0.15, -0.1) is 0 Å². The van der Waals surface area contributed by atoms with E-state index in [0.29, 0.717) is 23.8 Å². The van der Waals surface area contributed by atoms with E-state index in [-0.39, 0.29) is 28.9 Å². The average Bonchev–Trinajstić information content (AvgIpc) is 3.30. The number of carbonyl (C=O) groups is 3. The molecule has 1 aliphatic heterocycles. The van der Waals surface area contributed by atoms with Gasteiger partial charge in [0.1, 0.15) is 18.2 Å². The molecule has 9 heteroatoms. The highest BCUT2D eigenvalue weighted by Crippen LogP contribution is 2.33. The van der Waals surface area contributed by atoms with Gasteiger partial charge in [0.25, 0.3) is 5.91 Å². The SMILES string of the molecule is CC(C(=O)N1CCCC1C(=O)SC1CCCCC1)N(C)C(=O)C(O)Cc1ccc(O)c(O)c1. The van der Waals surface area contributed by atoms with Crippen LogP contribution in [0.25, 0.3) is 0 Å². The molecule has 1 saturated heterocycles. The van der Waals surface area contributed by atoms with Gasteiger partial charge in [-0.25, -0.2) is 0 Å². The molecule has 3 rings (SSSR count). The van der Waals surface area contributed by atoms with Crippen LogP contribution >= 0.6 is 11.8 Å². The van der Waals surface area contributed by atoms with E-state index in [1.165, 1.54) is 48.3 Å². The van der Waals surface area contributed by atoms with Gasteiger partial charge < -0.3 is 25.1 Å². The minimum atomic E-state index is -1.41. The molecule has 3 unspecified atom stereocenters. The number of rotatable bonds is 7. The zero-order chi connectivity index (χ0) is 24.1. The van der Waals surface area contributed by atoms with Crippen molar-refractivity contribution in [1.29, 1.82) is 0 Å². The summed E-state index contributed by atoms with van der Waals surface area (Å²) in [6, 6.07) is 2.79. The molecular weight excluding hydrogens is 444 g/mol. The van der Waals surface area contributed by atoms with Crippen LogP contribution in [0.15, 0.2) is 18.2 Å². The lowest BCUT2D eigenvalue weighted by atomic mass is 10.0. The van der Waals surface area contributed by atoms with E-state index in [9.17, 15) is 29.7 Å². The lowest BCUT2D eigenvalue weighted by molar-refractivity contribution is -0.149. The number of phenols is 2. The van der Waals surface area contributed by atoms with Crippen LogP contribution in [0.3, 0.4) is 0 Å². The molecule has 33 heavy (non-hydrogen) atoms. The van der Waals surface area contributed by atoms with Crippen molar-refractivity contribution >= 4 is 28.7 Å². The number of benzene rings is 1. The van der Waals surface area contributed by atoms with Crippen LogP contribution < -0.4 is 0 Å². The van der Waals surface area contributed by atoms with E-state index < -0.39 is 24.1 Å². The van der Waals surface area contributed by atoms with E-state index in [1.54, 1.807) is 11.8 Å². The molecule has 3 N–H and O–H groups in total. The Morgan fingerprint density at radius 1 is 1.09 bits per heavy atom. The molecule has 2 amide bonds. The van der Waals surface area contributed by atoms with Crippen LogP contribution in [0.1, 0.15) is 57.4 Å². The van der Waals surface area contributed by atoms with Crippen LogP contribution in [0.4, 0.5) is 0 Å². The Balaban J connectivity index is 1.59. The fourth-order valence-corrected chi connectivity index (χ4v) is 5.84. The second-order valence-corrected chi connectivity index (χ2v) is 10.4. The van der Waals surface area contributed by atoms with Crippen molar-refractivity contribution in [2.75, 3.05) is 13.6 Å². The first-order chi connectivity index (χ1) is 15.7. The number of hydrogen-bond donors (Lipinski definition) is 3. The van der Waals surface area contributed by atoms with Crippen molar-refractivity contribution in [2.24, 2.45) is 0 Å². The number of nitrogens with zero attached hydrogens (tertiary/aromatic N) is 2. The number of thioether (sulfide) groups is 1. The van der Waals surface area contributed by atoms with Gasteiger partial charge in [0, 0.05) is 25.3 Å². The minimum absolute atomic E-state index is 0.0427. The van der Waals surface area contributed by atoms with E-state index in [2.05, 4.69) is 0 Å². The van der Waals surface area contributed by atoms with Gasteiger partial charge in [0.2, 0.25) is 11.0 Å². The predicted molar refractivity (Wildman–Crippen MR) is 126 cm³/mol. The highest BCUT2D eigenvalue weighted by Gasteiger charge is 2.39. The molecule has 2 aliphatic rings. The Morgan fingerprint density at radius 2 is 1.79 bits per heavy atom. The van der Waals surface area contributed by atoms with E-state index in [0.717, 1.165) is 32.1 Å². The average molecular weight is 479 g/mol. The van der Waals surface area contributed by atoms with Gasteiger partial charge in [0.05, 0.1) is 0 Å². The van der Waals surface area contributed by atoms with Crippen molar-refractivity contribution in [3.8, 4) is 11.5 Å². The zero-order valence-electron chi connectivity index (χ0n) is 19.3. The molecule has 1 aromatic carbocycles. The van der Waals surface area contributed by atoms with E-state index in [1.807, 2.05) is 0 Å². The van der Waals surface area contributed by atoms with Gasteiger partial charge in [-0.2, -0.15) is 0 Å². The summed E-state index contributed by atoms with van der Waals surface area (Å²) in [4.78, 5) is 41.7. The van der Waals surface area contributed by atoms with Crippen molar-refractivity contribution in [1.82, 2.24) is 9.80 Å². The Hall–Kier alpha value is -2.26. The molecule has 0 spiro atoms. The zero-order valence-corrected chi connectivity index (χ0v) is 20.1. The van der Waals surface area contributed by atoms with Crippen molar-refractivity contribution < 1.29 is 29.7 Å². The topological polar surface area (TPSA) is 118 Å². The van der Waals surface area contributed by atoms with Crippen LogP contribution in [0.5, 0.6) is 11.5 Å². The van der Waals surface area contributed by atoms with Gasteiger partial charge in [-0.1, -0.05) is 37.1 Å². The lowest BCUT2D eigenvalue weighted by Gasteiger charge is -2.32. The number of phenolic OH excluding ortho intramolecular Hbond substituents is 2. The standard InChI is InChI=1S/C24H34N2O6S/c1-15(25(2)23(31)21(29)14-16-10-11-19(27)20(28)13-16)22(30)26-12-6-9-18(26)24(32)33-17-7-4-3-5-8-17/h10-11,13,15,17-18,21,27-29H,3-9,12,14H2,1-2H3. The number of likely N-dealkylation sites (N-methyl/N-ethyl adjacent to an activating group) is 1. The number of hydrogen-bond acceptors (Lipinski definition) is 7. The molecule has 0 aromatic heterocycles. The van der Waals surface area contributed by atoms with Gasteiger partial charge in [-0.05, 0) is 50.3 Å². The van der Waals surface area contributed by atoms with Gasteiger partial charge in [-0.3, -0.25) is 14.4 Å². The van der Waals surface area contributed by atoms with Gasteiger partial charge >= 0.3 is 0 Å². The number of aromatic hydroxyl groups is 2. The van der Waals surface area contributed by atoms with Crippen LogP contribution in [0.2, 0.25) is 0 Å². The smallest absolute Gasteiger partial charge is 0.252 e. The molecule has 8 nitrogen and oxygen atoms in total. The summed E-state index contributed by atoms with van der Waals surface area (Å²) in [6.07, 6.45) is 5.52. The third-order valence-electron chi connectivity index (χ3n) is 6.68. The maximum atomic E-state index is 13.2. The summed E-state index contributed by atoms with van der Waals surface area (Å²) >= 11 is 1.38. The first-order valence-corrected chi connectivity index (χ1v) is 12.5. The molecular formula is C24H34N2O6S. The maximum absolute atomic E-state index is 13.2. The summed E-state index contributed by atoms with van der Waals surface area (Å²) < 4.78 is 0. The third-order valence-corrected chi connectivity index (χ3v) is 7.99. The summed E-state index contributed by atoms with van der Waals surface area (Å²) in [5.74, 6) is -1.53. The number of carbonyl (C=O) groups excluding carboxylic acids is 3. The molecule has 1 heterocycles. The van der Waals surface area contributed by atoms with Crippen LogP contribution in [-0.4, -0.2) is 79.1 Å². The van der Waals surface area contributed by atoms with E-state index >= 15 is 0 Å². The largest absolute Gasteiger partial charge is 0.504 e. The summed E-state index contributed by atoms with van der Waals surface area (Å²) in [5, 5.41) is 29.8. The third kappa shape index (κ3) is 6.20. The Morgan fingerprint density at radius 3 is 2.45 bits per heavy atom. The first-order valence-electron chi connectivity index (χ1n) is 11.7. The normalized spacial score (nSPS) is 20.9. The quantitative estimate of drug-likeness (QED) is 0.515. The minimum Gasteiger partial charge on any atom is -0.504 e. The van der Waals surface area contributed by atoms with Crippen molar-refractivity contribution in [3.63, 3.8) is 0 Å². The molecule has 0 bridgehead atoms. The van der Waals surface area contributed by atoms with Crippen molar-refractivity contribution in [3.05, 3.63) is 23.8 Å². The second kappa shape index (κ2) is 11.2. The summed E-state index contributed by atoms with van der Waals surface area (Å²) in [6.45, 7) is 2.09. The highest BCUT2D eigenvalue weighted by atomic mass is 32.2. The first kappa shape index (κ1) is 25.4. The van der Waals surface area contributed by atoms with Crippen molar-refractivity contribution in [2.45, 2.75) is 81.7 Å². The number of aliphatic hydroxyl groups excluding tert-OH is 1. The van der Waals surface area contributed by atoms with E-state index in [4.69, 9.17) is 0 Å². The summed E-state index contributed by atoms with van der Waals surface area (Å²) in [7, 11) is 1.46. The molecule has 182 valence electrons. The highest BCUT2D eigenvalue weighted by molar-refractivity contribution is 8.14. The Kier molecular flexibility index (Phi) is 8.64. The van der Waals surface area contributed by atoms with Crippen LogP contribution in [0, 0.1) is 0 Å². The Labute approximate surface area is 198 Å². The second-order valence-electron chi connectivity index (χ2n) is 9.05. The molecule has 0 radical (unpaired) electrons. The Bertz CT molecular complexity index is 873. The molecule has 2 fully saturated rings. The molecule has 1 saturated carbocycles. The predicted octanol–water partition coefficient (Wildman–Crippen LogP) is 2.43. The number of aliphatic hydroxyl groups is 1. The van der Waals surface area contributed by atoms with Crippen LogP contribution in [-0.2, 0) is 20.8 Å². The molecule has 1 aliphatic carbocycles. The maximum Gasteiger partial charge on any atom is 0.252 e. The lowest BCUT2D eigenvalue weighted by Crippen LogP contribution is -2.52. The number of amides is 2. The molecule has 3 atom stereocenters. The fraction of sp³-hybridized carbons (Fsp3) is 0.625. The fourth-order valence-electron chi connectivity index (χ4n) is 4.54. The van der Waals surface area contributed by atoms with Gasteiger partial charge in [0.15, 0.2) is 11.5 Å². The molecule has 1 aromatic rings. The summed E-state index contributed by atoms with van der Waals surface area (Å²) in [5.41, 5.74) is 0.475. The monoisotopic (exact) mass is 478 g/mol. The number of likely N-dealkylation sites (tertiary alicyclic amines) is 1.